The summed E-state index contributed by atoms with van der Waals surface area (Å²) in [7, 11) is 0. The molecule has 0 bridgehead atoms. The third kappa shape index (κ3) is 3.89. The molecule has 4 aromatic heterocycles. The lowest BCUT2D eigenvalue weighted by Crippen LogP contribution is -1.95. The molecule has 44 heavy (non-hydrogen) atoms. The highest BCUT2D eigenvalue weighted by Crippen LogP contribution is 2.38. The minimum atomic E-state index is 0.649. The Labute approximate surface area is 251 Å². The van der Waals surface area contributed by atoms with E-state index in [9.17, 15) is 0 Å². The van der Waals surface area contributed by atoms with Gasteiger partial charge >= 0.3 is 0 Å². The summed E-state index contributed by atoms with van der Waals surface area (Å²) in [5.74, 6) is 1.30. The number of benzene rings is 5. The summed E-state index contributed by atoms with van der Waals surface area (Å²) in [6.07, 6.45) is 0. The Bertz CT molecular complexity index is 2310. The molecule has 0 N–H and O–H groups in total. The zero-order valence-electron chi connectivity index (χ0n) is 23.3. The summed E-state index contributed by atoms with van der Waals surface area (Å²) in [6, 6.07) is 44.2. The Hall–Kier alpha value is -6.14. The summed E-state index contributed by atoms with van der Waals surface area (Å²) >= 11 is 0. The molecule has 0 spiro atoms. The van der Waals surface area contributed by atoms with Crippen molar-refractivity contribution in [2.24, 2.45) is 0 Å². The van der Waals surface area contributed by atoms with Crippen molar-refractivity contribution in [1.82, 2.24) is 19.9 Å². The number of furan rings is 2. The first-order valence-corrected chi connectivity index (χ1v) is 14.4. The first kappa shape index (κ1) is 24.5. The highest BCUT2D eigenvalue weighted by Gasteiger charge is 2.20. The Morgan fingerprint density at radius 2 is 0.727 bits per heavy atom. The fraction of sp³-hybridized carbons (Fsp3) is 0. The van der Waals surface area contributed by atoms with E-state index < -0.39 is 0 Å². The van der Waals surface area contributed by atoms with Gasteiger partial charge < -0.3 is 8.83 Å². The summed E-state index contributed by atoms with van der Waals surface area (Å²) in [5, 5.41) is 1.92. The van der Waals surface area contributed by atoms with Gasteiger partial charge in [-0.05, 0) is 24.3 Å². The van der Waals surface area contributed by atoms with Crippen LogP contribution in [0, 0.1) is 0 Å². The Kier molecular flexibility index (Phi) is 5.40. The fourth-order valence-corrected chi connectivity index (χ4v) is 5.79. The van der Waals surface area contributed by atoms with Crippen LogP contribution in [-0.4, -0.2) is 19.9 Å². The van der Waals surface area contributed by atoms with Gasteiger partial charge in [0.2, 0.25) is 0 Å². The topological polar surface area (TPSA) is 77.8 Å². The molecule has 0 aliphatic rings. The predicted octanol–water partition coefficient (Wildman–Crippen LogP) is 9.73. The first-order chi connectivity index (χ1) is 21.8. The number of hydrogen-bond donors (Lipinski definition) is 0. The van der Waals surface area contributed by atoms with E-state index >= 15 is 0 Å². The molecule has 6 nitrogen and oxygen atoms in total. The van der Waals surface area contributed by atoms with Crippen LogP contribution in [0.4, 0.5) is 0 Å². The quantitative estimate of drug-likeness (QED) is 0.211. The standard InChI is InChI=1S/C38H22N4O2/c1-3-11-25(12-4-1)37-39-31(35-33(41-37)27-15-7-9-17-29(27)43-35)23-19-21-24(22-20-23)32-36-34(28-16-8-10-18-30(28)44-36)42-38(40-32)26-13-5-2-6-14-26/h1-22H. The van der Waals surface area contributed by atoms with Crippen LogP contribution < -0.4 is 0 Å². The third-order valence-corrected chi connectivity index (χ3v) is 7.94. The minimum absolute atomic E-state index is 0.649. The van der Waals surface area contributed by atoms with E-state index in [0.29, 0.717) is 22.8 Å². The zero-order valence-corrected chi connectivity index (χ0v) is 23.3. The van der Waals surface area contributed by atoms with Crippen molar-refractivity contribution in [2.75, 3.05) is 0 Å². The van der Waals surface area contributed by atoms with Crippen molar-refractivity contribution in [3.63, 3.8) is 0 Å². The fourth-order valence-electron chi connectivity index (χ4n) is 5.79. The van der Waals surface area contributed by atoms with E-state index in [-0.39, 0.29) is 0 Å². The molecule has 6 heteroatoms. The van der Waals surface area contributed by atoms with Crippen molar-refractivity contribution >= 4 is 44.1 Å². The second kappa shape index (κ2) is 9.71. The molecule has 9 aromatic rings. The van der Waals surface area contributed by atoms with Crippen LogP contribution in [0.15, 0.2) is 142 Å². The van der Waals surface area contributed by atoms with Gasteiger partial charge in [-0.3, -0.25) is 0 Å². The largest absolute Gasteiger partial charge is 0.452 e. The summed E-state index contributed by atoms with van der Waals surface area (Å²) in [4.78, 5) is 19.9. The maximum atomic E-state index is 6.34. The molecule has 9 rings (SSSR count). The molecule has 0 fully saturated rings. The highest BCUT2D eigenvalue weighted by molar-refractivity contribution is 6.08. The molecule has 0 aliphatic heterocycles. The number of nitrogens with zero attached hydrogens (tertiary/aromatic N) is 4. The summed E-state index contributed by atoms with van der Waals surface area (Å²) < 4.78 is 12.7. The van der Waals surface area contributed by atoms with Crippen molar-refractivity contribution in [2.45, 2.75) is 0 Å². The van der Waals surface area contributed by atoms with E-state index in [2.05, 4.69) is 24.3 Å². The van der Waals surface area contributed by atoms with Crippen LogP contribution in [0.25, 0.3) is 89.4 Å². The maximum absolute atomic E-state index is 6.34. The number of aromatic nitrogens is 4. The molecule has 0 aliphatic carbocycles. The van der Waals surface area contributed by atoms with Gasteiger partial charge in [0.1, 0.15) is 33.6 Å². The average molecular weight is 567 g/mol. The molecule has 0 radical (unpaired) electrons. The monoisotopic (exact) mass is 566 g/mol. The molecular weight excluding hydrogens is 544 g/mol. The van der Waals surface area contributed by atoms with Gasteiger partial charge in [0.15, 0.2) is 22.8 Å². The van der Waals surface area contributed by atoms with Gasteiger partial charge in [-0.25, -0.2) is 19.9 Å². The maximum Gasteiger partial charge on any atom is 0.180 e. The molecule has 206 valence electrons. The van der Waals surface area contributed by atoms with Crippen LogP contribution in [-0.2, 0) is 0 Å². The summed E-state index contributed by atoms with van der Waals surface area (Å²) in [6.45, 7) is 0. The van der Waals surface area contributed by atoms with Crippen LogP contribution in [0.5, 0.6) is 0 Å². The molecule has 4 heterocycles. The lowest BCUT2D eigenvalue weighted by Gasteiger charge is -2.09. The Balaban J connectivity index is 1.24. The van der Waals surface area contributed by atoms with Gasteiger partial charge in [0.25, 0.3) is 0 Å². The molecule has 5 aromatic carbocycles. The van der Waals surface area contributed by atoms with Gasteiger partial charge in [-0.2, -0.15) is 0 Å². The number of para-hydroxylation sites is 2. The predicted molar refractivity (Wildman–Crippen MR) is 174 cm³/mol. The van der Waals surface area contributed by atoms with E-state index in [0.717, 1.165) is 66.6 Å². The van der Waals surface area contributed by atoms with Crippen LogP contribution in [0.3, 0.4) is 0 Å². The van der Waals surface area contributed by atoms with Crippen LogP contribution >= 0.6 is 0 Å². The molecule has 0 saturated heterocycles. The normalized spacial score (nSPS) is 11.6. The number of hydrogen-bond acceptors (Lipinski definition) is 6. The molecule has 0 saturated carbocycles. The zero-order chi connectivity index (χ0) is 29.0. The van der Waals surface area contributed by atoms with E-state index in [1.54, 1.807) is 0 Å². The van der Waals surface area contributed by atoms with Crippen molar-refractivity contribution in [1.29, 1.82) is 0 Å². The van der Waals surface area contributed by atoms with Crippen LogP contribution in [0.2, 0.25) is 0 Å². The van der Waals surface area contributed by atoms with Gasteiger partial charge in [0, 0.05) is 33.0 Å². The first-order valence-electron chi connectivity index (χ1n) is 14.4. The third-order valence-electron chi connectivity index (χ3n) is 7.94. The molecule has 0 amide bonds. The molecule has 0 atom stereocenters. The van der Waals surface area contributed by atoms with Crippen molar-refractivity contribution in [3.8, 4) is 45.3 Å². The van der Waals surface area contributed by atoms with Gasteiger partial charge in [-0.1, -0.05) is 109 Å². The molecular formula is C38H22N4O2. The van der Waals surface area contributed by atoms with Crippen molar-refractivity contribution < 1.29 is 8.83 Å². The van der Waals surface area contributed by atoms with E-state index in [1.807, 2.05) is 109 Å². The van der Waals surface area contributed by atoms with Gasteiger partial charge in [-0.15, -0.1) is 0 Å². The second-order valence-corrected chi connectivity index (χ2v) is 10.7. The summed E-state index contributed by atoms with van der Waals surface area (Å²) in [5.41, 5.74) is 9.64. The average Bonchev–Trinajstić information content (AvgIpc) is 3.67. The lowest BCUT2D eigenvalue weighted by molar-refractivity contribution is 0.667. The van der Waals surface area contributed by atoms with E-state index in [1.165, 1.54) is 0 Å². The van der Waals surface area contributed by atoms with Crippen molar-refractivity contribution in [3.05, 3.63) is 133 Å². The van der Waals surface area contributed by atoms with E-state index in [4.69, 9.17) is 28.8 Å². The Morgan fingerprint density at radius 1 is 0.341 bits per heavy atom. The number of rotatable bonds is 4. The van der Waals surface area contributed by atoms with Gasteiger partial charge in [0.05, 0.1) is 0 Å². The molecule has 0 unspecified atom stereocenters. The smallest absolute Gasteiger partial charge is 0.180 e. The number of fused-ring (bicyclic) bond motifs is 6. The lowest BCUT2D eigenvalue weighted by atomic mass is 10.0. The highest BCUT2D eigenvalue weighted by atomic mass is 16.3. The minimum Gasteiger partial charge on any atom is -0.452 e. The Morgan fingerprint density at radius 3 is 1.16 bits per heavy atom. The second-order valence-electron chi connectivity index (χ2n) is 10.7. The van der Waals surface area contributed by atoms with Crippen LogP contribution in [0.1, 0.15) is 0 Å². The SMILES string of the molecule is c1ccc(-c2nc(-c3ccc(-c4nc(-c5ccccc5)nc5c4oc4ccccc45)cc3)c3oc4ccccc4c3n2)cc1.